The van der Waals surface area contributed by atoms with Crippen molar-refractivity contribution in [2.75, 3.05) is 13.1 Å². The number of fused-ring (bicyclic) bond motifs is 1. The molecular formula is C27H27N5O4S. The summed E-state index contributed by atoms with van der Waals surface area (Å²) in [5.74, 6) is 0.135. The Morgan fingerprint density at radius 3 is 2.70 bits per heavy atom. The Kier molecular flexibility index (Phi) is 7.00. The van der Waals surface area contributed by atoms with E-state index in [9.17, 15) is 14.4 Å². The number of benzene rings is 2. The number of H-pyrrole nitrogens is 1. The van der Waals surface area contributed by atoms with Crippen LogP contribution < -0.4 is 14.9 Å². The Labute approximate surface area is 217 Å². The average Bonchev–Trinajstić information content (AvgIpc) is 3.33. The van der Waals surface area contributed by atoms with Crippen LogP contribution in [0.3, 0.4) is 0 Å². The van der Waals surface area contributed by atoms with Crippen LogP contribution in [-0.2, 0) is 11.4 Å². The number of aromatic amines is 1. The predicted molar refractivity (Wildman–Crippen MR) is 141 cm³/mol. The first kappa shape index (κ1) is 24.6. The molecule has 0 saturated carbocycles. The van der Waals surface area contributed by atoms with E-state index in [4.69, 9.17) is 4.74 Å². The molecule has 2 aromatic carbocycles. The summed E-state index contributed by atoms with van der Waals surface area (Å²) in [6.07, 6.45) is 0.574. The standard InChI is InChI=1S/C27H27N5O4S/c1-16-13-19(21-5-3-4-6-23(21)28-16)15-36-20-9-7-18(8-10-20)25(34)29-24-11-12-32(17(2)33)14-22(24)26-30-31-27(35)37-26/h3-10,13,22,24H,11-12,14-15H2,1-2H3,(H,29,34)(H,31,35)/t22-,24+/m1/s1. The molecule has 0 spiro atoms. The van der Waals surface area contributed by atoms with Crippen molar-refractivity contribution in [2.24, 2.45) is 0 Å². The van der Waals surface area contributed by atoms with E-state index in [0.717, 1.165) is 33.5 Å². The second-order valence-corrected chi connectivity index (χ2v) is 10.1. The van der Waals surface area contributed by atoms with Crippen molar-refractivity contribution >= 4 is 34.1 Å². The minimum atomic E-state index is -0.259. The number of aryl methyl sites for hydroxylation is 1. The predicted octanol–water partition coefficient (Wildman–Crippen LogP) is 3.40. The second-order valence-electron chi connectivity index (χ2n) is 9.14. The number of para-hydroxylation sites is 1. The van der Waals surface area contributed by atoms with Gasteiger partial charge in [-0.15, -0.1) is 0 Å². The van der Waals surface area contributed by atoms with Gasteiger partial charge in [-0.25, -0.2) is 5.10 Å². The van der Waals surface area contributed by atoms with E-state index in [1.807, 2.05) is 37.3 Å². The molecule has 37 heavy (non-hydrogen) atoms. The second kappa shape index (κ2) is 10.5. The van der Waals surface area contributed by atoms with Crippen molar-refractivity contribution in [3.63, 3.8) is 0 Å². The van der Waals surface area contributed by atoms with E-state index in [2.05, 4.69) is 20.5 Å². The molecule has 1 saturated heterocycles. The van der Waals surface area contributed by atoms with Crippen molar-refractivity contribution in [1.29, 1.82) is 0 Å². The minimum Gasteiger partial charge on any atom is -0.489 e. The number of nitrogens with one attached hydrogen (secondary N) is 2. The van der Waals surface area contributed by atoms with Crippen LogP contribution in [0, 0.1) is 6.92 Å². The molecule has 9 nitrogen and oxygen atoms in total. The SMILES string of the molecule is CC(=O)N1CC[C@H](NC(=O)c2ccc(OCc3cc(C)nc4ccccc34)cc2)[C@H](c2n[nH]c(=O)s2)C1. The number of hydrogen-bond donors (Lipinski definition) is 2. The van der Waals surface area contributed by atoms with E-state index < -0.39 is 0 Å². The third kappa shape index (κ3) is 5.54. The third-order valence-corrected chi connectivity index (χ3v) is 7.47. The van der Waals surface area contributed by atoms with Gasteiger partial charge in [-0.1, -0.05) is 29.5 Å². The first-order valence-electron chi connectivity index (χ1n) is 12.1. The molecule has 0 unspecified atom stereocenters. The van der Waals surface area contributed by atoms with Crippen molar-refractivity contribution in [3.05, 3.63) is 86.1 Å². The van der Waals surface area contributed by atoms with Gasteiger partial charge in [0, 0.05) is 48.3 Å². The molecule has 2 aromatic heterocycles. The lowest BCUT2D eigenvalue weighted by atomic mass is 9.92. The summed E-state index contributed by atoms with van der Waals surface area (Å²) in [4.78, 5) is 42.7. The fourth-order valence-corrected chi connectivity index (χ4v) is 5.45. The molecular weight excluding hydrogens is 490 g/mol. The highest BCUT2D eigenvalue weighted by Gasteiger charge is 2.34. The zero-order valence-corrected chi connectivity index (χ0v) is 21.4. The van der Waals surface area contributed by atoms with E-state index in [0.29, 0.717) is 42.4 Å². The van der Waals surface area contributed by atoms with E-state index in [1.54, 1.807) is 29.2 Å². The number of carbonyl (C=O) groups is 2. The van der Waals surface area contributed by atoms with Crippen LogP contribution in [0.4, 0.5) is 0 Å². The maximum Gasteiger partial charge on any atom is 0.322 e. The molecule has 2 amide bonds. The molecule has 2 atom stereocenters. The first-order chi connectivity index (χ1) is 17.9. The molecule has 2 N–H and O–H groups in total. The first-order valence-corrected chi connectivity index (χ1v) is 12.9. The molecule has 0 aliphatic carbocycles. The number of ether oxygens (including phenoxy) is 1. The van der Waals surface area contributed by atoms with Crippen LogP contribution in [0.5, 0.6) is 5.75 Å². The van der Waals surface area contributed by atoms with Crippen LogP contribution in [0.2, 0.25) is 0 Å². The number of hydrogen-bond acceptors (Lipinski definition) is 7. The molecule has 5 rings (SSSR count). The Bertz CT molecular complexity index is 1500. The largest absolute Gasteiger partial charge is 0.489 e. The number of aromatic nitrogens is 3. The average molecular weight is 518 g/mol. The van der Waals surface area contributed by atoms with Gasteiger partial charge in [-0.05, 0) is 49.7 Å². The molecule has 1 aliphatic rings. The van der Waals surface area contributed by atoms with E-state index in [-0.39, 0.29) is 28.6 Å². The van der Waals surface area contributed by atoms with Crippen molar-refractivity contribution < 1.29 is 14.3 Å². The van der Waals surface area contributed by atoms with Gasteiger partial charge in [0.1, 0.15) is 17.4 Å². The lowest BCUT2D eigenvalue weighted by molar-refractivity contribution is -0.130. The molecule has 190 valence electrons. The highest BCUT2D eigenvalue weighted by Crippen LogP contribution is 2.28. The lowest BCUT2D eigenvalue weighted by Gasteiger charge is -2.37. The van der Waals surface area contributed by atoms with Gasteiger partial charge >= 0.3 is 4.87 Å². The third-order valence-electron chi connectivity index (χ3n) is 6.59. The number of amides is 2. The fraction of sp³-hybridized carbons (Fsp3) is 0.296. The number of rotatable bonds is 6. The summed E-state index contributed by atoms with van der Waals surface area (Å²) in [5.41, 5.74) is 3.41. The summed E-state index contributed by atoms with van der Waals surface area (Å²) >= 11 is 1.01. The number of piperidine rings is 1. The quantitative estimate of drug-likeness (QED) is 0.405. The fourth-order valence-electron chi connectivity index (χ4n) is 4.69. The molecule has 0 bridgehead atoms. The van der Waals surface area contributed by atoms with Crippen molar-refractivity contribution in [1.82, 2.24) is 25.4 Å². The molecule has 1 aliphatic heterocycles. The lowest BCUT2D eigenvalue weighted by Crippen LogP contribution is -2.50. The topological polar surface area (TPSA) is 117 Å². The van der Waals surface area contributed by atoms with Crippen molar-refractivity contribution in [3.8, 4) is 5.75 Å². The molecule has 3 heterocycles. The Hall–Kier alpha value is -4.05. The van der Waals surface area contributed by atoms with E-state index >= 15 is 0 Å². The van der Waals surface area contributed by atoms with Gasteiger partial charge < -0.3 is 15.0 Å². The highest BCUT2D eigenvalue weighted by molar-refractivity contribution is 7.08. The van der Waals surface area contributed by atoms with Crippen LogP contribution in [-0.4, -0.2) is 51.0 Å². The number of likely N-dealkylation sites (tertiary alicyclic amines) is 1. The van der Waals surface area contributed by atoms with Gasteiger partial charge in [0.2, 0.25) is 5.91 Å². The summed E-state index contributed by atoms with van der Waals surface area (Å²) in [5, 5.41) is 11.3. The zero-order valence-electron chi connectivity index (χ0n) is 20.6. The Morgan fingerprint density at radius 2 is 1.97 bits per heavy atom. The highest BCUT2D eigenvalue weighted by atomic mass is 32.1. The molecule has 10 heteroatoms. The number of pyridine rings is 1. The number of nitrogens with zero attached hydrogens (tertiary/aromatic N) is 3. The van der Waals surface area contributed by atoms with E-state index in [1.165, 1.54) is 6.92 Å². The summed E-state index contributed by atoms with van der Waals surface area (Å²) in [6.45, 7) is 4.80. The summed E-state index contributed by atoms with van der Waals surface area (Å²) in [6, 6.07) is 16.8. The summed E-state index contributed by atoms with van der Waals surface area (Å²) in [7, 11) is 0. The van der Waals surface area contributed by atoms with Gasteiger partial charge in [-0.2, -0.15) is 5.10 Å². The van der Waals surface area contributed by atoms with Crippen LogP contribution in [0.15, 0.2) is 59.4 Å². The summed E-state index contributed by atoms with van der Waals surface area (Å²) < 4.78 is 6.01. The maximum absolute atomic E-state index is 13.1. The normalized spacial score (nSPS) is 17.5. The monoisotopic (exact) mass is 517 g/mol. The van der Waals surface area contributed by atoms with Crippen LogP contribution >= 0.6 is 11.3 Å². The Morgan fingerprint density at radius 1 is 1.19 bits per heavy atom. The zero-order chi connectivity index (χ0) is 25.9. The van der Waals surface area contributed by atoms with Gasteiger partial charge in [-0.3, -0.25) is 19.4 Å². The number of carbonyl (C=O) groups excluding carboxylic acids is 2. The maximum atomic E-state index is 13.1. The molecule has 1 fully saturated rings. The minimum absolute atomic E-state index is 0.0387. The van der Waals surface area contributed by atoms with Crippen LogP contribution in [0.25, 0.3) is 10.9 Å². The van der Waals surface area contributed by atoms with Crippen LogP contribution in [0.1, 0.15) is 45.9 Å². The van der Waals surface area contributed by atoms with Gasteiger partial charge in [0.05, 0.1) is 11.4 Å². The molecule has 0 radical (unpaired) electrons. The smallest absolute Gasteiger partial charge is 0.322 e. The van der Waals surface area contributed by atoms with Crippen molar-refractivity contribution in [2.45, 2.75) is 38.8 Å². The molecule has 4 aromatic rings. The van der Waals surface area contributed by atoms with Gasteiger partial charge in [0.15, 0.2) is 0 Å². The van der Waals surface area contributed by atoms with Gasteiger partial charge in [0.25, 0.3) is 5.91 Å². The Balaban J connectivity index is 1.25.